The summed E-state index contributed by atoms with van der Waals surface area (Å²) in [4.78, 5) is 16.2. The van der Waals surface area contributed by atoms with Gasteiger partial charge in [-0.2, -0.15) is 0 Å². The maximum atomic E-state index is 13.5. The molecule has 1 spiro atoms. The molecule has 6 heteroatoms. The Morgan fingerprint density at radius 1 is 1.11 bits per heavy atom. The molecule has 0 aromatic heterocycles. The summed E-state index contributed by atoms with van der Waals surface area (Å²) in [5.74, 6) is 2.59. The second kappa shape index (κ2) is 9.59. The molecular formula is C31H38ClNO4. The van der Waals surface area contributed by atoms with Crippen molar-refractivity contribution >= 4 is 18.2 Å². The number of Topliss-reactive ketones (excluding diaryl/α,β-unsaturated/α-hetero) is 1. The van der Waals surface area contributed by atoms with Crippen molar-refractivity contribution in [3.8, 4) is 11.5 Å². The van der Waals surface area contributed by atoms with Crippen LogP contribution in [0.5, 0.6) is 11.5 Å². The van der Waals surface area contributed by atoms with Gasteiger partial charge in [0.25, 0.3) is 0 Å². The minimum atomic E-state index is -0.459. The van der Waals surface area contributed by atoms with E-state index in [1.165, 1.54) is 36.0 Å². The van der Waals surface area contributed by atoms with E-state index in [1.807, 2.05) is 6.07 Å². The number of carbonyl (C=O) groups excluding carboxylic acids is 1. The minimum absolute atomic E-state index is 0. The molecule has 2 bridgehead atoms. The summed E-state index contributed by atoms with van der Waals surface area (Å²) in [6.45, 7) is 2.88. The van der Waals surface area contributed by atoms with E-state index in [0.717, 1.165) is 62.6 Å². The Balaban J connectivity index is 0.00000252. The van der Waals surface area contributed by atoms with Crippen LogP contribution in [0.1, 0.15) is 61.6 Å². The number of halogens is 1. The highest BCUT2D eigenvalue weighted by molar-refractivity contribution is 5.90. The van der Waals surface area contributed by atoms with Gasteiger partial charge in [-0.1, -0.05) is 42.8 Å². The lowest BCUT2D eigenvalue weighted by molar-refractivity contribution is -0.215. The zero-order chi connectivity index (χ0) is 24.3. The van der Waals surface area contributed by atoms with E-state index < -0.39 is 17.1 Å². The standard InChI is InChI=1S/C31H37NO4.ClH/c1-34-25-13-12-23-19-26-31(35-18-6-11-21-7-3-2-4-8-21)15-14-24(33)29-30(31,27(23)28(25)36-29)16-17-32(26)20-22-9-5-10-22;/h2-4,7-8,12-13,22,26,29H,5-6,9-11,14-20H2,1H3;1H/t26-,29?,30+,31-;/m1./s1. The van der Waals surface area contributed by atoms with Gasteiger partial charge in [-0.15, -0.1) is 12.4 Å². The topological polar surface area (TPSA) is 48.0 Å². The summed E-state index contributed by atoms with van der Waals surface area (Å²) in [6.07, 6.45) is 8.79. The third kappa shape index (κ3) is 3.60. The molecule has 1 unspecified atom stereocenters. The molecule has 0 radical (unpaired) electrons. The van der Waals surface area contributed by atoms with Crippen LogP contribution in [0.25, 0.3) is 0 Å². The van der Waals surface area contributed by atoms with Gasteiger partial charge >= 0.3 is 0 Å². The third-order valence-electron chi connectivity index (χ3n) is 10.1. The number of aryl methyl sites for hydroxylation is 1. The SMILES string of the molecule is COc1ccc2c3c1OC1C(=O)CC[C@@]4(OCCCc5ccccc5)[C@@H](C2)N(CC2CCC2)CC[C@]314.Cl. The molecule has 3 aliphatic carbocycles. The fraction of sp³-hybridized carbons (Fsp3) is 0.581. The van der Waals surface area contributed by atoms with E-state index in [9.17, 15) is 4.79 Å². The van der Waals surface area contributed by atoms with E-state index >= 15 is 0 Å². The molecule has 0 amide bonds. The van der Waals surface area contributed by atoms with Crippen molar-refractivity contribution < 1.29 is 19.0 Å². The summed E-state index contributed by atoms with van der Waals surface area (Å²) >= 11 is 0. The van der Waals surface area contributed by atoms with Gasteiger partial charge in [-0.05, 0) is 74.6 Å². The molecule has 2 aliphatic heterocycles. The number of benzene rings is 2. The van der Waals surface area contributed by atoms with Crippen LogP contribution in [-0.2, 0) is 27.8 Å². The number of hydrogen-bond acceptors (Lipinski definition) is 5. The molecule has 7 rings (SSSR count). The minimum Gasteiger partial charge on any atom is -0.493 e. The van der Waals surface area contributed by atoms with Crippen LogP contribution >= 0.6 is 12.4 Å². The molecule has 37 heavy (non-hydrogen) atoms. The number of methoxy groups -OCH3 is 1. The summed E-state index contributed by atoms with van der Waals surface area (Å²) in [5.41, 5.74) is 3.10. The maximum absolute atomic E-state index is 13.5. The number of carbonyl (C=O) groups is 1. The highest BCUT2D eigenvalue weighted by atomic mass is 35.5. The van der Waals surface area contributed by atoms with Crippen molar-refractivity contribution in [1.29, 1.82) is 0 Å². The zero-order valence-electron chi connectivity index (χ0n) is 21.7. The molecule has 5 nitrogen and oxygen atoms in total. The number of rotatable bonds is 8. The Hall–Kier alpha value is -2.08. The molecule has 0 N–H and O–H groups in total. The number of likely N-dealkylation sites (tertiary alicyclic amines) is 1. The Kier molecular flexibility index (Phi) is 6.53. The third-order valence-corrected chi connectivity index (χ3v) is 10.1. The van der Waals surface area contributed by atoms with E-state index in [1.54, 1.807) is 7.11 Å². The molecule has 3 fully saturated rings. The Morgan fingerprint density at radius 3 is 2.70 bits per heavy atom. The first-order valence-electron chi connectivity index (χ1n) is 14.0. The van der Waals surface area contributed by atoms with Gasteiger partial charge in [-0.25, -0.2) is 0 Å². The van der Waals surface area contributed by atoms with Gasteiger partial charge in [0, 0.05) is 31.2 Å². The van der Waals surface area contributed by atoms with Crippen LogP contribution in [0.2, 0.25) is 0 Å². The number of ketones is 1. The molecule has 198 valence electrons. The molecular weight excluding hydrogens is 486 g/mol. The van der Waals surface area contributed by atoms with Gasteiger partial charge in [0.2, 0.25) is 0 Å². The van der Waals surface area contributed by atoms with Gasteiger partial charge in [0.05, 0.1) is 18.1 Å². The predicted octanol–water partition coefficient (Wildman–Crippen LogP) is 5.30. The Labute approximate surface area is 226 Å². The first-order valence-corrected chi connectivity index (χ1v) is 14.0. The van der Waals surface area contributed by atoms with Crippen molar-refractivity contribution in [2.24, 2.45) is 5.92 Å². The predicted molar refractivity (Wildman–Crippen MR) is 145 cm³/mol. The molecule has 5 aliphatic rings. The van der Waals surface area contributed by atoms with Gasteiger partial charge in [0.1, 0.15) is 0 Å². The largest absolute Gasteiger partial charge is 0.493 e. The molecule has 2 aromatic carbocycles. The zero-order valence-corrected chi connectivity index (χ0v) is 22.6. The van der Waals surface area contributed by atoms with Crippen LogP contribution in [0.15, 0.2) is 42.5 Å². The Morgan fingerprint density at radius 2 is 1.95 bits per heavy atom. The smallest absolute Gasteiger partial charge is 0.174 e. The fourth-order valence-corrected chi connectivity index (χ4v) is 8.23. The number of nitrogens with zero attached hydrogens (tertiary/aromatic N) is 1. The van der Waals surface area contributed by atoms with Crippen LogP contribution in [0.3, 0.4) is 0 Å². The van der Waals surface area contributed by atoms with Gasteiger partial charge in [-0.3, -0.25) is 9.69 Å². The second-order valence-electron chi connectivity index (χ2n) is 11.7. The van der Waals surface area contributed by atoms with Gasteiger partial charge < -0.3 is 14.2 Å². The highest BCUT2D eigenvalue weighted by Crippen LogP contribution is 2.66. The lowest BCUT2D eigenvalue weighted by Crippen LogP contribution is -2.77. The van der Waals surface area contributed by atoms with Crippen LogP contribution in [-0.4, -0.2) is 55.2 Å². The monoisotopic (exact) mass is 523 g/mol. The molecule has 2 heterocycles. The summed E-state index contributed by atoms with van der Waals surface area (Å²) in [5, 5.41) is 0. The van der Waals surface area contributed by atoms with Crippen molar-refractivity contribution in [3.05, 3.63) is 59.2 Å². The summed E-state index contributed by atoms with van der Waals surface area (Å²) < 4.78 is 19.5. The van der Waals surface area contributed by atoms with Crippen LogP contribution < -0.4 is 9.47 Å². The number of hydrogen-bond donors (Lipinski definition) is 0. The van der Waals surface area contributed by atoms with Crippen molar-refractivity contribution in [3.63, 3.8) is 0 Å². The van der Waals surface area contributed by atoms with E-state index in [0.29, 0.717) is 13.0 Å². The number of piperidine rings is 1. The lowest BCUT2D eigenvalue weighted by Gasteiger charge is -2.64. The molecule has 1 saturated heterocycles. The summed E-state index contributed by atoms with van der Waals surface area (Å²) in [6, 6.07) is 15.2. The Bertz CT molecular complexity index is 1170. The molecule has 2 saturated carbocycles. The molecule has 2 aromatic rings. The van der Waals surface area contributed by atoms with Crippen molar-refractivity contribution in [1.82, 2.24) is 4.90 Å². The lowest BCUT2D eigenvalue weighted by atomic mass is 9.48. The first kappa shape index (κ1) is 25.2. The van der Waals surface area contributed by atoms with E-state index in [-0.39, 0.29) is 24.2 Å². The van der Waals surface area contributed by atoms with Crippen LogP contribution in [0.4, 0.5) is 0 Å². The van der Waals surface area contributed by atoms with Gasteiger partial charge in [0.15, 0.2) is 23.4 Å². The fourth-order valence-electron chi connectivity index (χ4n) is 8.23. The average molecular weight is 524 g/mol. The van der Waals surface area contributed by atoms with E-state index in [2.05, 4.69) is 41.3 Å². The van der Waals surface area contributed by atoms with Crippen LogP contribution in [0, 0.1) is 5.92 Å². The van der Waals surface area contributed by atoms with Crippen molar-refractivity contribution in [2.45, 2.75) is 80.9 Å². The highest BCUT2D eigenvalue weighted by Gasteiger charge is 2.74. The maximum Gasteiger partial charge on any atom is 0.174 e. The normalized spacial score (nSPS) is 31.6. The average Bonchev–Trinajstić information content (AvgIpc) is 3.23. The first-order chi connectivity index (χ1) is 17.7. The molecule has 4 atom stereocenters. The second-order valence-corrected chi connectivity index (χ2v) is 11.7. The number of ether oxygens (including phenoxy) is 3. The van der Waals surface area contributed by atoms with E-state index in [4.69, 9.17) is 14.2 Å². The quantitative estimate of drug-likeness (QED) is 0.440. The van der Waals surface area contributed by atoms with Crippen molar-refractivity contribution in [2.75, 3.05) is 26.8 Å². The summed E-state index contributed by atoms with van der Waals surface area (Å²) in [7, 11) is 1.70.